The zero-order valence-corrected chi connectivity index (χ0v) is 23.6. The summed E-state index contributed by atoms with van der Waals surface area (Å²) in [4.78, 5) is 16.2. The Kier molecular flexibility index (Phi) is 6.96. The van der Waals surface area contributed by atoms with Crippen molar-refractivity contribution in [2.45, 2.75) is 38.3 Å². The maximum absolute atomic E-state index is 14.3. The standard InChI is InChI=1S/C32H33N3O4S/c1-3-22-9-11-25(12-10-22)30-28-29(24-13-15-27(39-2)16-14-24)33-35(26-18-20-40(37,38)21-26)31(28)32(36)34(30)19-17-23-7-5-4-6-8-23/h4-16,26,30H,3,17-21H2,1-2H3/t26-,30-/m1/s1. The minimum absolute atomic E-state index is 0.00364. The number of aromatic nitrogens is 2. The van der Waals surface area contributed by atoms with Crippen LogP contribution in [0.15, 0.2) is 78.9 Å². The highest BCUT2D eigenvalue weighted by Gasteiger charge is 2.46. The fourth-order valence-corrected chi connectivity index (χ4v) is 7.62. The van der Waals surface area contributed by atoms with E-state index in [1.165, 1.54) is 5.56 Å². The third-order valence-corrected chi connectivity index (χ3v) is 9.85. The van der Waals surface area contributed by atoms with Crippen LogP contribution in [0.3, 0.4) is 0 Å². The molecule has 7 nitrogen and oxygen atoms in total. The maximum Gasteiger partial charge on any atom is 0.273 e. The molecule has 6 rings (SSSR count). The molecule has 0 N–H and O–H groups in total. The minimum Gasteiger partial charge on any atom is -0.497 e. The quantitative estimate of drug-likeness (QED) is 0.296. The zero-order valence-electron chi connectivity index (χ0n) is 22.8. The molecule has 1 saturated heterocycles. The van der Waals surface area contributed by atoms with Crippen molar-refractivity contribution in [3.05, 3.63) is 107 Å². The number of methoxy groups -OCH3 is 1. The first-order valence-electron chi connectivity index (χ1n) is 13.8. The summed E-state index contributed by atoms with van der Waals surface area (Å²) in [5.41, 5.74) is 6.33. The van der Waals surface area contributed by atoms with Crippen molar-refractivity contribution < 1.29 is 17.9 Å². The van der Waals surface area contributed by atoms with Crippen molar-refractivity contribution in [2.24, 2.45) is 0 Å². The van der Waals surface area contributed by atoms with Gasteiger partial charge >= 0.3 is 0 Å². The molecule has 8 heteroatoms. The first-order chi connectivity index (χ1) is 19.4. The summed E-state index contributed by atoms with van der Waals surface area (Å²) in [5, 5.41) is 4.98. The number of hydrogen-bond acceptors (Lipinski definition) is 5. The first kappa shape index (κ1) is 26.3. The van der Waals surface area contributed by atoms with Gasteiger partial charge in [-0.05, 0) is 60.2 Å². The molecular weight excluding hydrogens is 522 g/mol. The highest BCUT2D eigenvalue weighted by atomic mass is 32.2. The number of ether oxygens (including phenoxy) is 1. The molecule has 2 atom stereocenters. The van der Waals surface area contributed by atoms with E-state index in [2.05, 4.69) is 43.3 Å². The minimum atomic E-state index is -3.18. The van der Waals surface area contributed by atoms with Crippen LogP contribution in [-0.4, -0.2) is 54.2 Å². The summed E-state index contributed by atoms with van der Waals surface area (Å²) >= 11 is 0. The lowest BCUT2D eigenvalue weighted by Gasteiger charge is -2.27. The van der Waals surface area contributed by atoms with Crippen molar-refractivity contribution in [1.82, 2.24) is 14.7 Å². The van der Waals surface area contributed by atoms with Crippen LogP contribution in [0.2, 0.25) is 0 Å². The highest BCUT2D eigenvalue weighted by Crippen LogP contribution is 2.45. The van der Waals surface area contributed by atoms with Gasteiger partial charge in [-0.3, -0.25) is 9.48 Å². The van der Waals surface area contributed by atoms with Crippen LogP contribution >= 0.6 is 0 Å². The van der Waals surface area contributed by atoms with E-state index in [-0.39, 0.29) is 29.5 Å². The summed E-state index contributed by atoms with van der Waals surface area (Å²) in [7, 11) is -1.55. The summed E-state index contributed by atoms with van der Waals surface area (Å²) in [5.74, 6) is 0.731. The van der Waals surface area contributed by atoms with Crippen LogP contribution in [0, 0.1) is 0 Å². The number of rotatable bonds is 8. The van der Waals surface area contributed by atoms with Crippen LogP contribution in [0.25, 0.3) is 11.3 Å². The second-order valence-electron chi connectivity index (χ2n) is 10.6. The number of nitrogens with zero attached hydrogens (tertiary/aromatic N) is 3. The van der Waals surface area contributed by atoms with E-state index in [1.54, 1.807) is 11.8 Å². The third-order valence-electron chi connectivity index (χ3n) is 8.10. The fourth-order valence-electron chi connectivity index (χ4n) is 5.93. The molecule has 0 radical (unpaired) electrons. The van der Waals surface area contributed by atoms with Crippen molar-refractivity contribution in [3.63, 3.8) is 0 Å². The molecule has 40 heavy (non-hydrogen) atoms. The van der Waals surface area contributed by atoms with E-state index >= 15 is 0 Å². The Morgan fingerprint density at radius 2 is 1.68 bits per heavy atom. The number of aryl methyl sites for hydroxylation is 1. The Labute approximate surface area is 235 Å². The van der Waals surface area contributed by atoms with Gasteiger partial charge in [0.05, 0.1) is 36.4 Å². The first-order valence-corrected chi connectivity index (χ1v) is 15.6. The largest absolute Gasteiger partial charge is 0.497 e. The maximum atomic E-state index is 14.3. The van der Waals surface area contributed by atoms with Crippen molar-refractivity contribution in [1.29, 1.82) is 0 Å². The molecule has 4 aromatic rings. The lowest BCUT2D eigenvalue weighted by atomic mass is 9.95. The monoisotopic (exact) mass is 555 g/mol. The van der Waals surface area contributed by atoms with Gasteiger partial charge in [-0.25, -0.2) is 8.42 Å². The van der Waals surface area contributed by atoms with E-state index in [1.807, 2.05) is 47.4 Å². The average molecular weight is 556 g/mol. The van der Waals surface area contributed by atoms with E-state index in [4.69, 9.17) is 9.84 Å². The molecule has 3 heterocycles. The van der Waals surface area contributed by atoms with Crippen LogP contribution in [0.1, 0.15) is 58.2 Å². The van der Waals surface area contributed by atoms with Crippen molar-refractivity contribution in [3.8, 4) is 17.0 Å². The second-order valence-corrected chi connectivity index (χ2v) is 12.8. The molecule has 2 aliphatic rings. The van der Waals surface area contributed by atoms with Gasteiger partial charge in [0.2, 0.25) is 0 Å². The molecule has 0 bridgehead atoms. The Hall–Kier alpha value is -3.91. The number of carbonyl (C=O) groups is 1. The fraction of sp³-hybridized carbons (Fsp3) is 0.312. The van der Waals surface area contributed by atoms with Gasteiger partial charge in [-0.1, -0.05) is 61.5 Å². The van der Waals surface area contributed by atoms with Crippen LogP contribution in [0.5, 0.6) is 5.75 Å². The molecule has 1 fully saturated rings. The molecule has 0 unspecified atom stereocenters. The van der Waals surface area contributed by atoms with Crippen LogP contribution in [-0.2, 0) is 22.7 Å². The van der Waals surface area contributed by atoms with Gasteiger partial charge in [-0.2, -0.15) is 5.10 Å². The molecule has 1 aromatic heterocycles. The molecule has 206 valence electrons. The van der Waals surface area contributed by atoms with Crippen LogP contribution < -0.4 is 4.74 Å². The number of sulfone groups is 1. The predicted octanol–water partition coefficient (Wildman–Crippen LogP) is 5.27. The highest BCUT2D eigenvalue weighted by molar-refractivity contribution is 7.91. The van der Waals surface area contributed by atoms with Gasteiger partial charge in [0.15, 0.2) is 9.84 Å². The van der Waals surface area contributed by atoms with Gasteiger partial charge in [0, 0.05) is 17.7 Å². The third kappa shape index (κ3) is 4.81. The molecule has 0 aliphatic carbocycles. The summed E-state index contributed by atoms with van der Waals surface area (Å²) in [6, 6.07) is 25.6. The second kappa shape index (κ2) is 10.6. The molecule has 0 spiro atoms. The zero-order chi connectivity index (χ0) is 27.9. The van der Waals surface area contributed by atoms with E-state index < -0.39 is 9.84 Å². The molecule has 0 saturated carbocycles. The van der Waals surface area contributed by atoms with Gasteiger partial charge in [-0.15, -0.1) is 0 Å². The van der Waals surface area contributed by atoms with Crippen molar-refractivity contribution >= 4 is 15.7 Å². The lowest BCUT2D eigenvalue weighted by molar-refractivity contribution is 0.0738. The number of amides is 1. The summed E-state index contributed by atoms with van der Waals surface area (Å²) in [6.45, 7) is 2.66. The molecular formula is C32H33N3O4S. The van der Waals surface area contributed by atoms with E-state index in [0.717, 1.165) is 34.4 Å². The number of fused-ring (bicyclic) bond motifs is 1. The molecule has 3 aromatic carbocycles. The Morgan fingerprint density at radius 1 is 0.950 bits per heavy atom. The normalized spacial score (nSPS) is 19.6. The smallest absolute Gasteiger partial charge is 0.273 e. The summed E-state index contributed by atoms with van der Waals surface area (Å²) in [6.07, 6.45) is 2.09. The molecule has 2 aliphatic heterocycles. The Morgan fingerprint density at radius 3 is 2.30 bits per heavy atom. The Bertz CT molecular complexity index is 1630. The summed E-state index contributed by atoms with van der Waals surface area (Å²) < 4.78 is 32.0. The van der Waals surface area contributed by atoms with Crippen molar-refractivity contribution in [2.75, 3.05) is 25.2 Å². The molecule has 1 amide bonds. The topological polar surface area (TPSA) is 81.5 Å². The predicted molar refractivity (Wildman–Crippen MR) is 155 cm³/mol. The van der Waals surface area contributed by atoms with Crippen LogP contribution in [0.4, 0.5) is 0 Å². The number of benzene rings is 3. The number of carbonyl (C=O) groups excluding carboxylic acids is 1. The SMILES string of the molecule is CCc1ccc([C@@H]2c3c(-c4ccc(OC)cc4)nn([C@@H]4CCS(=O)(=O)C4)c3C(=O)N2CCc2ccccc2)cc1. The van der Waals surface area contributed by atoms with Gasteiger partial charge < -0.3 is 9.64 Å². The average Bonchev–Trinajstić information content (AvgIpc) is 3.63. The lowest BCUT2D eigenvalue weighted by Crippen LogP contribution is -2.32. The van der Waals surface area contributed by atoms with Gasteiger partial charge in [0.25, 0.3) is 5.91 Å². The van der Waals surface area contributed by atoms with E-state index in [9.17, 15) is 13.2 Å². The van der Waals surface area contributed by atoms with E-state index in [0.29, 0.717) is 30.8 Å². The van der Waals surface area contributed by atoms with Gasteiger partial charge in [0.1, 0.15) is 11.4 Å². The number of hydrogen-bond donors (Lipinski definition) is 0. The Balaban J connectivity index is 1.51.